The lowest BCUT2D eigenvalue weighted by molar-refractivity contribution is -0.0547. The second-order valence-corrected chi connectivity index (χ2v) is 4.92. The van der Waals surface area contributed by atoms with E-state index >= 15 is 0 Å². The van der Waals surface area contributed by atoms with Gasteiger partial charge in [0.2, 0.25) is 0 Å². The Bertz CT molecular complexity index is 694. The van der Waals surface area contributed by atoms with Crippen molar-refractivity contribution in [3.8, 4) is 0 Å². The Morgan fingerprint density at radius 2 is 2.20 bits per heavy atom. The van der Waals surface area contributed by atoms with Crippen LogP contribution < -0.4 is 5.69 Å². The molecule has 1 aliphatic heterocycles. The van der Waals surface area contributed by atoms with Gasteiger partial charge in [-0.1, -0.05) is 0 Å². The number of aryl methyl sites for hydroxylation is 1. The Morgan fingerprint density at radius 3 is 2.85 bits per heavy atom. The summed E-state index contributed by atoms with van der Waals surface area (Å²) in [6, 6.07) is 1.81. The SMILES string of the molecule is Cc1cc2cn(C3OC(CO)C(O)C3O)c(=O)nc2[nH]1. The third-order valence-corrected chi connectivity index (χ3v) is 3.46. The lowest BCUT2D eigenvalue weighted by Crippen LogP contribution is -2.35. The number of rotatable bonds is 2. The van der Waals surface area contributed by atoms with E-state index < -0.39 is 36.8 Å². The highest BCUT2D eigenvalue weighted by Crippen LogP contribution is 2.28. The van der Waals surface area contributed by atoms with Crippen LogP contribution in [0.4, 0.5) is 0 Å². The molecule has 0 aromatic carbocycles. The highest BCUT2D eigenvalue weighted by Gasteiger charge is 2.43. The number of aromatic amines is 1. The zero-order valence-electron chi connectivity index (χ0n) is 10.7. The maximum Gasteiger partial charge on any atom is 0.351 e. The molecular weight excluding hydrogens is 266 g/mol. The van der Waals surface area contributed by atoms with Crippen LogP contribution in [-0.4, -0.2) is 54.8 Å². The van der Waals surface area contributed by atoms with Gasteiger partial charge >= 0.3 is 5.69 Å². The van der Waals surface area contributed by atoms with E-state index in [2.05, 4.69) is 9.97 Å². The molecule has 2 aromatic rings. The minimum absolute atomic E-state index is 0.442. The maximum absolute atomic E-state index is 12.0. The van der Waals surface area contributed by atoms with Crippen LogP contribution in [0.3, 0.4) is 0 Å². The number of nitrogens with one attached hydrogen (secondary N) is 1. The van der Waals surface area contributed by atoms with Gasteiger partial charge in [-0.15, -0.1) is 0 Å². The predicted molar refractivity (Wildman–Crippen MR) is 68.1 cm³/mol. The van der Waals surface area contributed by atoms with E-state index in [1.54, 1.807) is 6.07 Å². The fourth-order valence-corrected chi connectivity index (χ4v) is 2.44. The van der Waals surface area contributed by atoms with Crippen molar-refractivity contribution in [1.29, 1.82) is 0 Å². The van der Waals surface area contributed by atoms with Gasteiger partial charge in [-0.3, -0.25) is 4.57 Å². The summed E-state index contributed by atoms with van der Waals surface area (Å²) in [6.07, 6.45) is -3.04. The summed E-state index contributed by atoms with van der Waals surface area (Å²) >= 11 is 0. The Hall–Kier alpha value is -1.74. The van der Waals surface area contributed by atoms with Crippen molar-refractivity contribution in [3.63, 3.8) is 0 Å². The van der Waals surface area contributed by atoms with Crippen LogP contribution in [0.5, 0.6) is 0 Å². The molecule has 108 valence electrons. The van der Waals surface area contributed by atoms with Gasteiger partial charge in [-0.25, -0.2) is 4.79 Å². The molecule has 0 saturated carbocycles. The van der Waals surface area contributed by atoms with Gasteiger partial charge < -0.3 is 25.0 Å². The first kappa shape index (κ1) is 13.3. The standard InChI is InChI=1S/C12H15N3O5/c1-5-2-6-3-15(12(19)14-10(6)13-5)11-9(18)8(17)7(4-16)20-11/h2-3,7-9,11,16-18H,4H2,1H3,(H,13,14,19). The molecule has 20 heavy (non-hydrogen) atoms. The van der Waals surface area contributed by atoms with Crippen molar-refractivity contribution < 1.29 is 20.1 Å². The average molecular weight is 281 g/mol. The first-order valence-corrected chi connectivity index (χ1v) is 6.22. The second kappa shape index (κ2) is 4.67. The van der Waals surface area contributed by atoms with Gasteiger partial charge in [0.15, 0.2) is 6.23 Å². The average Bonchev–Trinajstić information content (AvgIpc) is 2.89. The van der Waals surface area contributed by atoms with Gasteiger partial charge in [0, 0.05) is 17.3 Å². The molecule has 0 radical (unpaired) electrons. The van der Waals surface area contributed by atoms with Gasteiger partial charge in [-0.2, -0.15) is 4.98 Å². The third kappa shape index (κ3) is 1.93. The number of aromatic nitrogens is 3. The molecule has 0 amide bonds. The van der Waals surface area contributed by atoms with E-state index in [-0.39, 0.29) is 0 Å². The number of ether oxygens (including phenoxy) is 1. The van der Waals surface area contributed by atoms with Gasteiger partial charge in [0.1, 0.15) is 24.0 Å². The molecule has 2 aromatic heterocycles. The van der Waals surface area contributed by atoms with Gasteiger partial charge in [0.05, 0.1) is 6.61 Å². The van der Waals surface area contributed by atoms with Crippen LogP contribution in [0.1, 0.15) is 11.9 Å². The Labute approximate surface area is 113 Å². The smallest absolute Gasteiger partial charge is 0.351 e. The minimum Gasteiger partial charge on any atom is -0.394 e. The van der Waals surface area contributed by atoms with E-state index in [9.17, 15) is 15.0 Å². The minimum atomic E-state index is -1.30. The van der Waals surface area contributed by atoms with Crippen molar-refractivity contribution in [2.24, 2.45) is 0 Å². The molecule has 3 rings (SSSR count). The highest BCUT2D eigenvalue weighted by atomic mass is 16.6. The summed E-state index contributed by atoms with van der Waals surface area (Å²) in [7, 11) is 0. The molecule has 8 nitrogen and oxygen atoms in total. The molecule has 8 heteroatoms. The number of fused-ring (bicyclic) bond motifs is 1. The molecule has 4 atom stereocenters. The zero-order chi connectivity index (χ0) is 14.4. The largest absolute Gasteiger partial charge is 0.394 e. The van der Waals surface area contributed by atoms with E-state index in [1.165, 1.54) is 6.20 Å². The van der Waals surface area contributed by atoms with Gasteiger partial charge in [0.25, 0.3) is 0 Å². The predicted octanol–water partition coefficient (Wildman–Crippen LogP) is -1.36. The first-order valence-electron chi connectivity index (χ1n) is 6.22. The van der Waals surface area contributed by atoms with Gasteiger partial charge in [-0.05, 0) is 13.0 Å². The van der Waals surface area contributed by atoms with Crippen LogP contribution in [-0.2, 0) is 4.74 Å². The molecule has 0 aliphatic carbocycles. The second-order valence-electron chi connectivity index (χ2n) is 4.92. The monoisotopic (exact) mass is 281 g/mol. The molecule has 4 unspecified atom stereocenters. The fourth-order valence-electron chi connectivity index (χ4n) is 2.44. The summed E-state index contributed by atoms with van der Waals surface area (Å²) in [4.78, 5) is 18.8. The summed E-state index contributed by atoms with van der Waals surface area (Å²) in [5.41, 5.74) is 0.704. The maximum atomic E-state index is 12.0. The highest BCUT2D eigenvalue weighted by molar-refractivity contribution is 5.75. The fraction of sp³-hybridized carbons (Fsp3) is 0.500. The van der Waals surface area contributed by atoms with E-state index in [4.69, 9.17) is 9.84 Å². The van der Waals surface area contributed by atoms with Crippen molar-refractivity contribution in [2.45, 2.75) is 31.5 Å². The molecule has 1 fully saturated rings. The molecule has 1 aliphatic rings. The molecular formula is C12H15N3O5. The number of aliphatic hydroxyl groups excluding tert-OH is 3. The number of hydrogen-bond acceptors (Lipinski definition) is 6. The molecule has 0 spiro atoms. The molecule has 1 saturated heterocycles. The first-order chi connectivity index (χ1) is 9.51. The Morgan fingerprint density at radius 1 is 1.45 bits per heavy atom. The zero-order valence-corrected chi connectivity index (χ0v) is 10.7. The topological polar surface area (TPSA) is 121 Å². The van der Waals surface area contributed by atoms with Crippen molar-refractivity contribution >= 4 is 11.0 Å². The summed E-state index contributed by atoms with van der Waals surface area (Å²) in [5, 5.41) is 29.4. The van der Waals surface area contributed by atoms with Crippen LogP contribution in [0.25, 0.3) is 11.0 Å². The molecule has 4 N–H and O–H groups in total. The van der Waals surface area contributed by atoms with E-state index in [0.717, 1.165) is 10.3 Å². The summed E-state index contributed by atoms with van der Waals surface area (Å²) in [6.45, 7) is 1.39. The Kier molecular flexibility index (Phi) is 3.09. The van der Waals surface area contributed by atoms with Crippen LogP contribution in [0.2, 0.25) is 0 Å². The summed E-state index contributed by atoms with van der Waals surface area (Å²) in [5.74, 6) is 0. The van der Waals surface area contributed by atoms with E-state index in [1.807, 2.05) is 6.92 Å². The number of H-pyrrole nitrogens is 1. The van der Waals surface area contributed by atoms with Crippen LogP contribution in [0, 0.1) is 6.92 Å². The van der Waals surface area contributed by atoms with E-state index in [0.29, 0.717) is 11.0 Å². The van der Waals surface area contributed by atoms with Crippen molar-refractivity contribution in [1.82, 2.24) is 14.5 Å². The summed E-state index contributed by atoms with van der Waals surface area (Å²) < 4.78 is 6.44. The van der Waals surface area contributed by atoms with Crippen molar-refractivity contribution in [2.75, 3.05) is 6.61 Å². The number of nitrogens with zero attached hydrogens (tertiary/aromatic N) is 2. The van der Waals surface area contributed by atoms with Crippen LogP contribution in [0.15, 0.2) is 17.1 Å². The lowest BCUT2D eigenvalue weighted by atomic mass is 10.1. The number of aliphatic hydroxyl groups is 3. The third-order valence-electron chi connectivity index (χ3n) is 3.46. The molecule has 0 bridgehead atoms. The normalized spacial score (nSPS) is 30.2. The van der Waals surface area contributed by atoms with Crippen molar-refractivity contribution in [3.05, 3.63) is 28.4 Å². The Balaban J connectivity index is 2.06. The lowest BCUT2D eigenvalue weighted by Gasteiger charge is -2.16. The quantitative estimate of drug-likeness (QED) is 0.540. The van der Waals surface area contributed by atoms with Crippen LogP contribution >= 0.6 is 0 Å². The molecule has 3 heterocycles. The number of hydrogen-bond donors (Lipinski definition) is 4.